The van der Waals surface area contributed by atoms with Crippen LogP contribution in [0, 0.1) is 6.92 Å². The number of aromatic nitrogens is 2. The van der Waals surface area contributed by atoms with Gasteiger partial charge in [0.2, 0.25) is 0 Å². The van der Waals surface area contributed by atoms with Gasteiger partial charge in [-0.25, -0.2) is 0 Å². The third-order valence-corrected chi connectivity index (χ3v) is 6.45. The van der Waals surface area contributed by atoms with Gasteiger partial charge in [0.1, 0.15) is 10.6 Å². The van der Waals surface area contributed by atoms with Gasteiger partial charge in [0, 0.05) is 29.8 Å². The fourth-order valence-electron chi connectivity index (χ4n) is 3.22. The van der Waals surface area contributed by atoms with Gasteiger partial charge in [0.25, 0.3) is 5.91 Å². The summed E-state index contributed by atoms with van der Waals surface area (Å²) in [5.74, 6) is 0.953. The van der Waals surface area contributed by atoms with Crippen molar-refractivity contribution in [3.8, 4) is 0 Å². The molecule has 0 radical (unpaired) electrons. The molecule has 3 aromatic rings. The molecule has 0 spiro atoms. The average molecular weight is 404 g/mol. The molecule has 1 aliphatic heterocycles. The van der Waals surface area contributed by atoms with E-state index in [2.05, 4.69) is 10.2 Å². The molecule has 0 unspecified atom stereocenters. The monoisotopic (exact) mass is 403 g/mol. The zero-order chi connectivity index (χ0) is 19.0. The Hall–Kier alpha value is -1.90. The summed E-state index contributed by atoms with van der Waals surface area (Å²) in [6, 6.07) is 7.79. The molecule has 1 fully saturated rings. The third kappa shape index (κ3) is 3.88. The van der Waals surface area contributed by atoms with E-state index in [0.29, 0.717) is 31.2 Å². The van der Waals surface area contributed by atoms with Crippen molar-refractivity contribution in [1.82, 2.24) is 15.1 Å². The van der Waals surface area contributed by atoms with Gasteiger partial charge in [-0.1, -0.05) is 41.3 Å². The lowest BCUT2D eigenvalue weighted by Crippen LogP contribution is -2.50. The van der Waals surface area contributed by atoms with Crippen LogP contribution in [-0.4, -0.2) is 46.3 Å². The quantitative estimate of drug-likeness (QED) is 0.610. The highest BCUT2D eigenvalue weighted by molar-refractivity contribution is 8.00. The first kappa shape index (κ1) is 18.5. The van der Waals surface area contributed by atoms with Crippen molar-refractivity contribution < 1.29 is 13.9 Å². The molecule has 1 aliphatic rings. The second-order valence-electron chi connectivity index (χ2n) is 7.12. The van der Waals surface area contributed by atoms with E-state index in [0.717, 1.165) is 25.9 Å². The minimum atomic E-state index is -0.348. The molecule has 1 saturated heterocycles. The van der Waals surface area contributed by atoms with Crippen molar-refractivity contribution in [2.75, 3.05) is 19.7 Å². The van der Waals surface area contributed by atoms with Crippen molar-refractivity contribution in [2.24, 2.45) is 0 Å². The molecule has 1 aromatic carbocycles. The van der Waals surface area contributed by atoms with Gasteiger partial charge in [-0.3, -0.25) is 4.79 Å². The van der Waals surface area contributed by atoms with E-state index in [-0.39, 0.29) is 11.5 Å². The van der Waals surface area contributed by atoms with Gasteiger partial charge in [-0.2, -0.15) is 0 Å². The summed E-state index contributed by atoms with van der Waals surface area (Å²) in [4.78, 5) is 15.1. The van der Waals surface area contributed by atoms with Crippen LogP contribution < -0.4 is 0 Å². The number of hydrogen-bond donors (Lipinski definition) is 0. The lowest BCUT2D eigenvalue weighted by molar-refractivity contribution is -0.0768. The standard InChI is InChI=1S/C19H21N3O3S2/c1-12-20-21-18(27-12)26-10-14-13-6-4-5-7-15(13)25-16(14)17(23)22-8-9-24-19(2,3)11-22/h4-7H,8-11H2,1-3H3. The van der Waals surface area contributed by atoms with Crippen LogP contribution in [0.2, 0.25) is 0 Å². The molecular formula is C19H21N3O3S2. The van der Waals surface area contributed by atoms with Crippen LogP contribution in [-0.2, 0) is 10.5 Å². The number of nitrogens with zero attached hydrogens (tertiary/aromatic N) is 3. The van der Waals surface area contributed by atoms with Crippen molar-refractivity contribution in [3.05, 3.63) is 40.6 Å². The number of furan rings is 1. The Morgan fingerprint density at radius 2 is 2.15 bits per heavy atom. The number of amides is 1. The molecule has 4 rings (SSSR count). The van der Waals surface area contributed by atoms with Crippen molar-refractivity contribution in [2.45, 2.75) is 36.5 Å². The molecule has 0 N–H and O–H groups in total. The Morgan fingerprint density at radius 3 is 2.89 bits per heavy atom. The number of thioether (sulfide) groups is 1. The van der Waals surface area contributed by atoms with E-state index in [1.807, 2.05) is 49.9 Å². The second-order valence-corrected chi connectivity index (χ2v) is 9.52. The molecule has 3 heterocycles. The second kappa shape index (κ2) is 7.26. The molecule has 0 atom stereocenters. The summed E-state index contributed by atoms with van der Waals surface area (Å²) >= 11 is 3.14. The third-order valence-electron chi connectivity index (χ3n) is 4.45. The van der Waals surface area contributed by atoms with Gasteiger partial charge in [0.05, 0.1) is 12.2 Å². The molecule has 0 bridgehead atoms. The number of fused-ring (bicyclic) bond motifs is 1. The molecule has 8 heteroatoms. The Kier molecular flexibility index (Phi) is 4.96. The first-order valence-corrected chi connectivity index (χ1v) is 10.6. The molecule has 2 aromatic heterocycles. The predicted octanol–water partition coefficient (Wildman–Crippen LogP) is 4.14. The van der Waals surface area contributed by atoms with Crippen molar-refractivity contribution in [1.29, 1.82) is 0 Å². The van der Waals surface area contributed by atoms with Crippen LogP contribution in [0.5, 0.6) is 0 Å². The average Bonchev–Trinajstić information content (AvgIpc) is 3.21. The Bertz CT molecular complexity index is 980. The Labute approximate surface area is 165 Å². The maximum absolute atomic E-state index is 13.2. The van der Waals surface area contributed by atoms with Gasteiger partial charge in [-0.15, -0.1) is 10.2 Å². The topological polar surface area (TPSA) is 68.5 Å². The minimum Gasteiger partial charge on any atom is -0.451 e. The van der Waals surface area contributed by atoms with Crippen LogP contribution in [0.25, 0.3) is 11.0 Å². The smallest absolute Gasteiger partial charge is 0.290 e. The van der Waals surface area contributed by atoms with Crippen molar-refractivity contribution >= 4 is 40.0 Å². The highest BCUT2D eigenvalue weighted by Crippen LogP contribution is 2.34. The number of morpholine rings is 1. The number of hydrogen-bond acceptors (Lipinski definition) is 7. The fourth-order valence-corrected chi connectivity index (χ4v) is 5.06. The molecule has 0 saturated carbocycles. The van der Waals surface area contributed by atoms with Crippen molar-refractivity contribution in [3.63, 3.8) is 0 Å². The highest BCUT2D eigenvalue weighted by atomic mass is 32.2. The fraction of sp³-hybridized carbons (Fsp3) is 0.421. The lowest BCUT2D eigenvalue weighted by atomic mass is 10.1. The normalized spacial score (nSPS) is 16.8. The number of ether oxygens (including phenoxy) is 1. The molecule has 6 nitrogen and oxygen atoms in total. The first-order valence-electron chi connectivity index (χ1n) is 8.79. The number of benzene rings is 1. The van der Waals surface area contributed by atoms with E-state index >= 15 is 0 Å². The highest BCUT2D eigenvalue weighted by Gasteiger charge is 2.33. The number of carbonyl (C=O) groups excluding carboxylic acids is 1. The first-order chi connectivity index (χ1) is 12.9. The Morgan fingerprint density at radius 1 is 1.33 bits per heavy atom. The van der Waals surface area contributed by atoms with Gasteiger partial charge >= 0.3 is 0 Å². The Balaban J connectivity index is 1.66. The van der Waals surface area contributed by atoms with E-state index < -0.39 is 0 Å². The summed E-state index contributed by atoms with van der Waals surface area (Å²) in [6.45, 7) is 7.59. The maximum Gasteiger partial charge on any atom is 0.290 e. The summed E-state index contributed by atoms with van der Waals surface area (Å²) in [5, 5.41) is 10.1. The van der Waals surface area contributed by atoms with Crippen LogP contribution in [0.4, 0.5) is 0 Å². The van der Waals surface area contributed by atoms with E-state index in [1.54, 1.807) is 23.1 Å². The molecule has 1 amide bonds. The number of rotatable bonds is 4. The predicted molar refractivity (Wildman–Crippen MR) is 106 cm³/mol. The zero-order valence-corrected chi connectivity index (χ0v) is 17.2. The summed E-state index contributed by atoms with van der Waals surface area (Å²) < 4.78 is 12.6. The van der Waals surface area contributed by atoms with E-state index in [4.69, 9.17) is 9.15 Å². The van der Waals surface area contributed by atoms with Crippen LogP contribution in [0.1, 0.15) is 35.0 Å². The van der Waals surface area contributed by atoms with Crippen LogP contribution in [0.3, 0.4) is 0 Å². The SMILES string of the molecule is Cc1nnc(SCc2c(C(=O)N3CCOC(C)(C)C3)oc3ccccc23)s1. The van der Waals surface area contributed by atoms with Gasteiger partial charge in [0.15, 0.2) is 10.1 Å². The molecule has 0 aliphatic carbocycles. The summed E-state index contributed by atoms with van der Waals surface area (Å²) in [5.41, 5.74) is 1.30. The summed E-state index contributed by atoms with van der Waals surface area (Å²) in [7, 11) is 0. The zero-order valence-electron chi connectivity index (χ0n) is 15.5. The van der Waals surface area contributed by atoms with E-state index in [1.165, 1.54) is 0 Å². The minimum absolute atomic E-state index is 0.0772. The molecular weight excluding hydrogens is 382 g/mol. The van der Waals surface area contributed by atoms with Crippen LogP contribution in [0.15, 0.2) is 33.0 Å². The largest absolute Gasteiger partial charge is 0.451 e. The molecule has 142 valence electrons. The lowest BCUT2D eigenvalue weighted by Gasteiger charge is -2.37. The summed E-state index contributed by atoms with van der Waals surface area (Å²) in [6.07, 6.45) is 0. The number of para-hydroxylation sites is 1. The van der Waals surface area contributed by atoms with Crippen LogP contribution >= 0.6 is 23.1 Å². The maximum atomic E-state index is 13.2. The van der Waals surface area contributed by atoms with Gasteiger partial charge < -0.3 is 14.1 Å². The van der Waals surface area contributed by atoms with Gasteiger partial charge in [-0.05, 0) is 26.8 Å². The van der Waals surface area contributed by atoms with E-state index in [9.17, 15) is 4.79 Å². The number of aryl methyl sites for hydroxylation is 1. The molecule has 27 heavy (non-hydrogen) atoms. The number of carbonyl (C=O) groups is 1.